The van der Waals surface area contributed by atoms with Crippen LogP contribution < -0.4 is 15.9 Å². The first-order valence-corrected chi connectivity index (χ1v) is 9.59. The second-order valence-electron chi connectivity index (χ2n) is 5.93. The minimum absolute atomic E-state index is 0.0636. The van der Waals surface area contributed by atoms with Crippen LogP contribution in [0.1, 0.15) is 12.5 Å². The van der Waals surface area contributed by atoms with Gasteiger partial charge in [0, 0.05) is 11.3 Å². The van der Waals surface area contributed by atoms with Gasteiger partial charge < -0.3 is 15.9 Å². The lowest BCUT2D eigenvalue weighted by molar-refractivity contribution is -0.113. The highest BCUT2D eigenvalue weighted by molar-refractivity contribution is 7.99. The first-order chi connectivity index (χ1) is 13.5. The number of rotatable bonds is 7. The number of hydrogen-bond acceptors (Lipinski definition) is 6. The van der Waals surface area contributed by atoms with Crippen molar-refractivity contribution in [2.24, 2.45) is 0 Å². The van der Waals surface area contributed by atoms with Gasteiger partial charge in [0.05, 0.1) is 12.4 Å². The van der Waals surface area contributed by atoms with Crippen molar-refractivity contribution in [3.05, 3.63) is 53.8 Å². The molecule has 0 aliphatic carbocycles. The molecule has 1 aromatic heterocycles. The molecular formula is C19H20FN5O2S. The SMILES string of the molecule is CCOc1ccc(-c2nnc(SCC(=O)Nc3ccc(C)c(F)c3)n2N)cc1. The minimum atomic E-state index is -0.368. The van der Waals surface area contributed by atoms with Crippen LogP contribution in [-0.4, -0.2) is 33.1 Å². The molecule has 1 amide bonds. The molecule has 0 radical (unpaired) electrons. The van der Waals surface area contributed by atoms with Gasteiger partial charge in [0.25, 0.3) is 0 Å². The summed E-state index contributed by atoms with van der Waals surface area (Å²) in [7, 11) is 0. The van der Waals surface area contributed by atoms with Gasteiger partial charge in [0.15, 0.2) is 5.82 Å². The Morgan fingerprint density at radius 2 is 2.00 bits per heavy atom. The Morgan fingerprint density at radius 3 is 2.68 bits per heavy atom. The predicted molar refractivity (Wildman–Crippen MR) is 107 cm³/mol. The van der Waals surface area contributed by atoms with Gasteiger partial charge in [-0.2, -0.15) is 0 Å². The average molecular weight is 401 g/mol. The van der Waals surface area contributed by atoms with Crippen molar-refractivity contribution in [1.29, 1.82) is 0 Å². The van der Waals surface area contributed by atoms with Crippen LogP contribution >= 0.6 is 11.8 Å². The van der Waals surface area contributed by atoms with Crippen LogP contribution in [-0.2, 0) is 4.79 Å². The number of anilines is 1. The molecule has 0 saturated heterocycles. The van der Waals surface area contributed by atoms with Gasteiger partial charge in [0.2, 0.25) is 11.1 Å². The number of amides is 1. The number of nitrogens with one attached hydrogen (secondary N) is 1. The van der Waals surface area contributed by atoms with E-state index in [1.807, 2.05) is 31.2 Å². The van der Waals surface area contributed by atoms with E-state index in [4.69, 9.17) is 10.6 Å². The summed E-state index contributed by atoms with van der Waals surface area (Å²) in [5.41, 5.74) is 1.70. The van der Waals surface area contributed by atoms with Gasteiger partial charge in [0.1, 0.15) is 11.6 Å². The van der Waals surface area contributed by atoms with E-state index in [0.717, 1.165) is 23.1 Å². The van der Waals surface area contributed by atoms with E-state index in [9.17, 15) is 9.18 Å². The van der Waals surface area contributed by atoms with Crippen LogP contribution in [0.3, 0.4) is 0 Å². The van der Waals surface area contributed by atoms with E-state index in [0.29, 0.717) is 28.8 Å². The highest BCUT2D eigenvalue weighted by Gasteiger charge is 2.14. The fraction of sp³-hybridized carbons (Fsp3) is 0.211. The van der Waals surface area contributed by atoms with Crippen molar-refractivity contribution in [2.45, 2.75) is 19.0 Å². The number of nitrogen functional groups attached to an aromatic ring is 1. The molecule has 3 rings (SSSR count). The molecule has 2 aromatic carbocycles. The third-order valence-corrected chi connectivity index (χ3v) is 4.82. The molecule has 0 saturated carbocycles. The summed E-state index contributed by atoms with van der Waals surface area (Å²) in [4.78, 5) is 12.1. The summed E-state index contributed by atoms with van der Waals surface area (Å²) in [6.45, 7) is 4.16. The molecule has 3 N–H and O–H groups in total. The molecule has 0 bridgehead atoms. The van der Waals surface area contributed by atoms with Gasteiger partial charge in [-0.3, -0.25) is 4.79 Å². The number of nitrogens with zero attached hydrogens (tertiary/aromatic N) is 3. The zero-order valence-electron chi connectivity index (χ0n) is 15.5. The van der Waals surface area contributed by atoms with E-state index < -0.39 is 0 Å². The van der Waals surface area contributed by atoms with Gasteiger partial charge in [-0.25, -0.2) is 9.07 Å². The zero-order chi connectivity index (χ0) is 20.1. The molecule has 0 spiro atoms. The Hall–Kier alpha value is -3.07. The summed E-state index contributed by atoms with van der Waals surface area (Å²) in [5, 5.41) is 11.2. The number of hydrogen-bond donors (Lipinski definition) is 2. The van der Waals surface area contributed by atoms with Crippen LogP contribution in [0.4, 0.5) is 10.1 Å². The standard InChI is InChI=1S/C19H20FN5O2S/c1-3-27-15-8-5-13(6-9-15)18-23-24-19(25(18)21)28-11-17(26)22-14-7-4-12(2)16(20)10-14/h4-10H,3,11,21H2,1-2H3,(H,22,26). The van der Waals surface area contributed by atoms with Gasteiger partial charge >= 0.3 is 0 Å². The van der Waals surface area contributed by atoms with E-state index in [1.54, 1.807) is 19.1 Å². The Balaban J connectivity index is 1.62. The van der Waals surface area contributed by atoms with Crippen molar-refractivity contribution in [3.63, 3.8) is 0 Å². The Kier molecular flexibility index (Phi) is 6.15. The topological polar surface area (TPSA) is 95.1 Å². The van der Waals surface area contributed by atoms with Crippen molar-refractivity contribution >= 4 is 23.4 Å². The largest absolute Gasteiger partial charge is 0.494 e. The van der Waals surface area contributed by atoms with Gasteiger partial charge in [-0.1, -0.05) is 17.8 Å². The Morgan fingerprint density at radius 1 is 1.25 bits per heavy atom. The molecule has 7 nitrogen and oxygen atoms in total. The predicted octanol–water partition coefficient (Wildman–Crippen LogP) is 3.24. The number of thioether (sulfide) groups is 1. The first kappa shape index (κ1) is 19.7. The maximum atomic E-state index is 13.6. The maximum Gasteiger partial charge on any atom is 0.234 e. The van der Waals surface area contributed by atoms with Crippen molar-refractivity contribution in [1.82, 2.24) is 14.9 Å². The number of ether oxygens (including phenoxy) is 1. The Labute approximate surface area is 166 Å². The van der Waals surface area contributed by atoms with E-state index in [2.05, 4.69) is 15.5 Å². The third kappa shape index (κ3) is 4.61. The normalized spacial score (nSPS) is 10.7. The lowest BCUT2D eigenvalue weighted by Crippen LogP contribution is -2.16. The summed E-state index contributed by atoms with van der Waals surface area (Å²) in [6.07, 6.45) is 0. The molecule has 0 aliphatic heterocycles. The van der Waals surface area contributed by atoms with Crippen LogP contribution in [0.25, 0.3) is 11.4 Å². The molecular weight excluding hydrogens is 381 g/mol. The number of aryl methyl sites for hydroxylation is 1. The molecule has 0 atom stereocenters. The number of carbonyl (C=O) groups is 1. The van der Waals surface area contributed by atoms with E-state index in [1.165, 1.54) is 10.7 Å². The van der Waals surface area contributed by atoms with Crippen molar-refractivity contribution < 1.29 is 13.9 Å². The number of aromatic nitrogens is 3. The number of benzene rings is 2. The molecule has 0 fully saturated rings. The molecule has 0 unspecified atom stereocenters. The van der Waals surface area contributed by atoms with Gasteiger partial charge in [-0.05, 0) is 55.8 Å². The lowest BCUT2D eigenvalue weighted by atomic mass is 10.2. The molecule has 3 aromatic rings. The van der Waals surface area contributed by atoms with Crippen LogP contribution in [0, 0.1) is 12.7 Å². The average Bonchev–Trinajstić information content (AvgIpc) is 3.04. The molecule has 28 heavy (non-hydrogen) atoms. The fourth-order valence-electron chi connectivity index (χ4n) is 2.44. The van der Waals surface area contributed by atoms with Crippen molar-refractivity contribution in [2.75, 3.05) is 23.5 Å². The third-order valence-electron chi connectivity index (χ3n) is 3.88. The minimum Gasteiger partial charge on any atom is -0.494 e. The number of carbonyl (C=O) groups excluding carboxylic acids is 1. The Bertz CT molecular complexity index is 975. The summed E-state index contributed by atoms with van der Waals surface area (Å²) in [6, 6.07) is 11.9. The molecule has 1 heterocycles. The first-order valence-electron chi connectivity index (χ1n) is 8.60. The quantitative estimate of drug-likeness (QED) is 0.466. The highest BCUT2D eigenvalue weighted by atomic mass is 32.2. The molecule has 0 aliphatic rings. The van der Waals surface area contributed by atoms with Crippen LogP contribution in [0.15, 0.2) is 47.6 Å². The lowest BCUT2D eigenvalue weighted by Gasteiger charge is -2.07. The van der Waals surface area contributed by atoms with E-state index >= 15 is 0 Å². The smallest absolute Gasteiger partial charge is 0.234 e. The number of halogens is 1. The maximum absolute atomic E-state index is 13.6. The van der Waals surface area contributed by atoms with Crippen LogP contribution in [0.5, 0.6) is 5.75 Å². The highest BCUT2D eigenvalue weighted by Crippen LogP contribution is 2.24. The summed E-state index contributed by atoms with van der Waals surface area (Å²) >= 11 is 1.14. The fourth-order valence-corrected chi connectivity index (χ4v) is 3.09. The zero-order valence-corrected chi connectivity index (χ0v) is 16.3. The number of nitrogens with two attached hydrogens (primary N) is 1. The summed E-state index contributed by atoms with van der Waals surface area (Å²) < 4.78 is 20.3. The molecule has 146 valence electrons. The summed E-state index contributed by atoms with van der Waals surface area (Å²) in [5.74, 6) is 6.70. The second-order valence-corrected chi connectivity index (χ2v) is 6.88. The molecule has 9 heteroatoms. The van der Waals surface area contributed by atoms with Crippen molar-refractivity contribution in [3.8, 4) is 17.1 Å². The van der Waals surface area contributed by atoms with Crippen LogP contribution in [0.2, 0.25) is 0 Å². The second kappa shape index (κ2) is 8.75. The van der Waals surface area contributed by atoms with E-state index in [-0.39, 0.29) is 17.5 Å². The monoisotopic (exact) mass is 401 g/mol. The van der Waals surface area contributed by atoms with Gasteiger partial charge in [-0.15, -0.1) is 10.2 Å².